The Labute approximate surface area is 122 Å². The predicted molar refractivity (Wildman–Crippen MR) is 82.6 cm³/mol. The van der Waals surface area contributed by atoms with Crippen molar-refractivity contribution in [1.29, 1.82) is 0 Å². The van der Waals surface area contributed by atoms with Gasteiger partial charge in [-0.2, -0.15) is 0 Å². The van der Waals surface area contributed by atoms with Crippen molar-refractivity contribution >= 4 is 22.9 Å². The van der Waals surface area contributed by atoms with Crippen LogP contribution >= 0.6 is 11.3 Å². The molecule has 4 nitrogen and oxygen atoms in total. The Bertz CT molecular complexity index is 581. The van der Waals surface area contributed by atoms with Crippen LogP contribution in [0.2, 0.25) is 0 Å². The lowest BCUT2D eigenvalue weighted by Crippen LogP contribution is -2.13. The highest BCUT2D eigenvalue weighted by atomic mass is 32.1. The first kappa shape index (κ1) is 14.6. The number of anilines is 1. The summed E-state index contributed by atoms with van der Waals surface area (Å²) >= 11 is 1.37. The van der Waals surface area contributed by atoms with E-state index in [2.05, 4.69) is 17.6 Å². The zero-order valence-corrected chi connectivity index (χ0v) is 12.4. The average Bonchev–Trinajstić information content (AvgIpc) is 2.94. The molecule has 0 atom stereocenters. The van der Waals surface area contributed by atoms with Crippen molar-refractivity contribution in [2.75, 3.05) is 19.0 Å². The molecular weight excluding hydrogens is 272 g/mol. The van der Waals surface area contributed by atoms with Crippen LogP contribution < -0.4 is 15.4 Å². The number of benzene rings is 1. The second-order valence-electron chi connectivity index (χ2n) is 4.25. The number of rotatable bonds is 6. The summed E-state index contributed by atoms with van der Waals surface area (Å²) in [7, 11) is 1.57. The molecule has 0 spiro atoms. The minimum atomic E-state index is -0.141. The zero-order chi connectivity index (χ0) is 14.4. The molecule has 0 radical (unpaired) electrons. The third-order valence-electron chi connectivity index (χ3n) is 2.82. The molecule has 0 aliphatic carbocycles. The molecule has 2 aromatic rings. The number of ether oxygens (including phenoxy) is 1. The van der Waals surface area contributed by atoms with Crippen LogP contribution in [0.25, 0.3) is 0 Å². The van der Waals surface area contributed by atoms with Crippen molar-refractivity contribution < 1.29 is 9.53 Å². The van der Waals surface area contributed by atoms with Crippen molar-refractivity contribution in [3.63, 3.8) is 0 Å². The molecule has 1 heterocycles. The number of hydrogen-bond donors (Lipinski definition) is 2. The number of thiophene rings is 1. The van der Waals surface area contributed by atoms with Crippen LogP contribution in [0, 0.1) is 0 Å². The van der Waals surface area contributed by atoms with Gasteiger partial charge in [-0.15, -0.1) is 11.3 Å². The molecule has 5 heteroatoms. The highest BCUT2D eigenvalue weighted by molar-refractivity contribution is 7.12. The number of methoxy groups -OCH3 is 1. The Morgan fingerprint density at radius 3 is 2.95 bits per heavy atom. The molecule has 0 aliphatic heterocycles. The molecule has 0 fully saturated rings. The van der Waals surface area contributed by atoms with Crippen LogP contribution in [0.1, 0.15) is 22.2 Å². The molecule has 0 saturated heterocycles. The molecule has 0 unspecified atom stereocenters. The second-order valence-corrected chi connectivity index (χ2v) is 5.17. The van der Waals surface area contributed by atoms with Crippen molar-refractivity contribution in [2.45, 2.75) is 13.5 Å². The van der Waals surface area contributed by atoms with E-state index >= 15 is 0 Å². The number of nitrogens with one attached hydrogen (secondary N) is 2. The van der Waals surface area contributed by atoms with E-state index in [-0.39, 0.29) is 5.91 Å². The highest BCUT2D eigenvalue weighted by Crippen LogP contribution is 2.25. The van der Waals surface area contributed by atoms with Crippen molar-refractivity contribution in [3.8, 4) is 5.75 Å². The van der Waals surface area contributed by atoms with Crippen LogP contribution in [-0.4, -0.2) is 19.6 Å². The van der Waals surface area contributed by atoms with Crippen LogP contribution in [0.4, 0.5) is 5.69 Å². The van der Waals surface area contributed by atoms with Gasteiger partial charge in [-0.05, 0) is 35.7 Å². The van der Waals surface area contributed by atoms with Gasteiger partial charge in [0.25, 0.3) is 5.91 Å². The molecule has 0 aliphatic rings. The van der Waals surface area contributed by atoms with Gasteiger partial charge >= 0.3 is 0 Å². The van der Waals surface area contributed by atoms with E-state index in [0.29, 0.717) is 10.6 Å². The lowest BCUT2D eigenvalue weighted by Gasteiger charge is -2.08. The van der Waals surface area contributed by atoms with Gasteiger partial charge in [0.15, 0.2) is 0 Å². The van der Waals surface area contributed by atoms with Crippen molar-refractivity contribution in [2.24, 2.45) is 0 Å². The maximum atomic E-state index is 12.2. The fourth-order valence-electron chi connectivity index (χ4n) is 1.84. The summed E-state index contributed by atoms with van der Waals surface area (Å²) in [5, 5.41) is 8.00. The zero-order valence-electron chi connectivity index (χ0n) is 11.6. The molecule has 1 aromatic carbocycles. The molecule has 20 heavy (non-hydrogen) atoms. The Hall–Kier alpha value is -1.85. The molecule has 2 N–H and O–H groups in total. The second kappa shape index (κ2) is 7.07. The minimum Gasteiger partial charge on any atom is -0.495 e. The summed E-state index contributed by atoms with van der Waals surface area (Å²) in [6, 6.07) is 9.62. The summed E-state index contributed by atoms with van der Waals surface area (Å²) in [4.78, 5) is 12.8. The molecule has 0 saturated carbocycles. The van der Waals surface area contributed by atoms with Crippen LogP contribution in [0.5, 0.6) is 5.75 Å². The van der Waals surface area contributed by atoms with E-state index in [4.69, 9.17) is 4.74 Å². The summed E-state index contributed by atoms with van der Waals surface area (Å²) < 4.78 is 5.16. The predicted octanol–water partition coefficient (Wildman–Crippen LogP) is 3.12. The average molecular weight is 290 g/mol. The molecular formula is C15H18N2O2S. The fraction of sp³-hybridized carbons (Fsp3) is 0.267. The Morgan fingerprint density at radius 2 is 2.20 bits per heavy atom. The minimum absolute atomic E-state index is 0.141. The van der Waals surface area contributed by atoms with Gasteiger partial charge in [-0.25, -0.2) is 0 Å². The summed E-state index contributed by atoms with van der Waals surface area (Å²) in [6.45, 7) is 3.78. The summed E-state index contributed by atoms with van der Waals surface area (Å²) in [5.41, 5.74) is 1.93. The first-order valence-electron chi connectivity index (χ1n) is 6.47. The van der Waals surface area contributed by atoms with E-state index in [1.54, 1.807) is 13.2 Å². The largest absolute Gasteiger partial charge is 0.495 e. The van der Waals surface area contributed by atoms with Gasteiger partial charge in [-0.3, -0.25) is 4.79 Å². The van der Waals surface area contributed by atoms with Crippen molar-refractivity contribution in [1.82, 2.24) is 5.32 Å². The van der Waals surface area contributed by atoms with Crippen LogP contribution in [0.3, 0.4) is 0 Å². The van der Waals surface area contributed by atoms with Gasteiger partial charge in [0.05, 0.1) is 7.11 Å². The van der Waals surface area contributed by atoms with E-state index in [9.17, 15) is 4.79 Å². The Balaban J connectivity index is 2.08. The third kappa shape index (κ3) is 3.59. The van der Waals surface area contributed by atoms with E-state index in [1.807, 2.05) is 29.6 Å². The lowest BCUT2D eigenvalue weighted by molar-refractivity contribution is 0.102. The smallest absolute Gasteiger partial charge is 0.269 e. The maximum Gasteiger partial charge on any atom is 0.269 e. The van der Waals surface area contributed by atoms with Gasteiger partial charge in [0.1, 0.15) is 10.6 Å². The Kier molecular flexibility index (Phi) is 5.15. The SMILES string of the molecule is CCNCc1cccc(NC(=O)c2sccc2OC)c1. The van der Waals surface area contributed by atoms with E-state index in [0.717, 1.165) is 24.3 Å². The van der Waals surface area contributed by atoms with Gasteiger partial charge in [-0.1, -0.05) is 19.1 Å². The molecule has 2 rings (SSSR count). The third-order valence-corrected chi connectivity index (χ3v) is 3.71. The number of carbonyl (C=O) groups excluding carboxylic acids is 1. The number of hydrogen-bond acceptors (Lipinski definition) is 4. The van der Waals surface area contributed by atoms with Crippen LogP contribution in [-0.2, 0) is 6.54 Å². The van der Waals surface area contributed by atoms with Gasteiger partial charge < -0.3 is 15.4 Å². The number of carbonyl (C=O) groups is 1. The first-order valence-corrected chi connectivity index (χ1v) is 7.35. The number of amides is 1. The first-order chi connectivity index (χ1) is 9.74. The van der Waals surface area contributed by atoms with Gasteiger partial charge in [0, 0.05) is 12.2 Å². The summed E-state index contributed by atoms with van der Waals surface area (Å²) in [5.74, 6) is 0.466. The molecule has 1 amide bonds. The highest BCUT2D eigenvalue weighted by Gasteiger charge is 2.13. The van der Waals surface area contributed by atoms with Gasteiger partial charge in [0.2, 0.25) is 0 Å². The van der Waals surface area contributed by atoms with E-state index < -0.39 is 0 Å². The fourth-order valence-corrected chi connectivity index (χ4v) is 2.59. The normalized spacial score (nSPS) is 10.3. The standard InChI is InChI=1S/C15H18N2O2S/c1-3-16-10-11-5-4-6-12(9-11)17-15(18)14-13(19-2)7-8-20-14/h4-9,16H,3,10H2,1-2H3,(H,17,18). The lowest BCUT2D eigenvalue weighted by atomic mass is 10.2. The summed E-state index contributed by atoms with van der Waals surface area (Å²) in [6.07, 6.45) is 0. The quantitative estimate of drug-likeness (QED) is 0.859. The molecule has 1 aromatic heterocycles. The molecule has 0 bridgehead atoms. The van der Waals surface area contributed by atoms with E-state index in [1.165, 1.54) is 11.3 Å². The molecule has 106 valence electrons. The van der Waals surface area contributed by atoms with Crippen LogP contribution in [0.15, 0.2) is 35.7 Å². The topological polar surface area (TPSA) is 50.4 Å². The maximum absolute atomic E-state index is 12.2. The monoisotopic (exact) mass is 290 g/mol. The van der Waals surface area contributed by atoms with Crippen molar-refractivity contribution in [3.05, 3.63) is 46.2 Å². The Morgan fingerprint density at radius 1 is 1.35 bits per heavy atom.